The zero-order chi connectivity index (χ0) is 15.6. The van der Waals surface area contributed by atoms with Crippen LogP contribution in [0.15, 0.2) is 29.3 Å². The van der Waals surface area contributed by atoms with Crippen molar-refractivity contribution in [3.8, 4) is 6.07 Å². The minimum Gasteiger partial charge on any atom is -0.275 e. The predicted molar refractivity (Wildman–Crippen MR) is 78.1 cm³/mol. The van der Waals surface area contributed by atoms with Gasteiger partial charge in [0.25, 0.3) is 0 Å². The van der Waals surface area contributed by atoms with E-state index in [1.165, 1.54) is 18.2 Å². The van der Waals surface area contributed by atoms with Crippen LogP contribution in [0.25, 0.3) is 0 Å². The van der Waals surface area contributed by atoms with Gasteiger partial charge in [0.05, 0.1) is 21.2 Å². The van der Waals surface area contributed by atoms with Crippen molar-refractivity contribution in [2.75, 3.05) is 0 Å². The Morgan fingerprint density at radius 2 is 2.19 bits per heavy atom. The first kappa shape index (κ1) is 15.5. The van der Waals surface area contributed by atoms with Crippen LogP contribution in [0.2, 0.25) is 5.02 Å². The van der Waals surface area contributed by atoms with Gasteiger partial charge in [0.15, 0.2) is 0 Å². The Balaban J connectivity index is 2.21. The van der Waals surface area contributed by atoms with Crippen LogP contribution in [0.5, 0.6) is 0 Å². The summed E-state index contributed by atoms with van der Waals surface area (Å²) in [5, 5.41) is 13.0. The van der Waals surface area contributed by atoms with E-state index in [1.807, 2.05) is 13.0 Å². The molecule has 2 aromatic rings. The van der Waals surface area contributed by atoms with E-state index in [0.717, 1.165) is 11.3 Å². The summed E-state index contributed by atoms with van der Waals surface area (Å²) < 4.78 is 28.5. The average molecular weight is 325 g/mol. The third-order valence-corrected chi connectivity index (χ3v) is 4.65. The Morgan fingerprint density at radius 1 is 1.48 bits per heavy atom. The van der Waals surface area contributed by atoms with Gasteiger partial charge in [-0.3, -0.25) is 4.68 Å². The molecule has 0 spiro atoms. The Kier molecular flexibility index (Phi) is 4.32. The quantitative estimate of drug-likeness (QED) is 0.927. The molecule has 0 aliphatic carbocycles. The molecule has 1 aromatic carbocycles. The smallest absolute Gasteiger partial charge is 0.240 e. The van der Waals surface area contributed by atoms with Gasteiger partial charge in [-0.25, -0.2) is 13.1 Å². The van der Waals surface area contributed by atoms with Crippen molar-refractivity contribution < 1.29 is 8.42 Å². The van der Waals surface area contributed by atoms with E-state index in [1.54, 1.807) is 17.9 Å². The monoisotopic (exact) mass is 324 g/mol. The summed E-state index contributed by atoms with van der Waals surface area (Å²) in [5.41, 5.74) is 1.79. The first-order chi connectivity index (χ1) is 9.83. The van der Waals surface area contributed by atoms with Crippen LogP contribution in [-0.2, 0) is 23.6 Å². The molecule has 2 rings (SSSR count). The van der Waals surface area contributed by atoms with Gasteiger partial charge in [0.1, 0.15) is 6.07 Å². The zero-order valence-corrected chi connectivity index (χ0v) is 13.0. The number of sulfonamides is 1. The van der Waals surface area contributed by atoms with Gasteiger partial charge < -0.3 is 0 Å². The van der Waals surface area contributed by atoms with E-state index < -0.39 is 10.0 Å². The lowest BCUT2D eigenvalue weighted by Crippen LogP contribution is -2.23. The molecule has 0 saturated carbocycles. The Hall–Kier alpha value is -1.88. The second-order valence-corrected chi connectivity index (χ2v) is 6.67. The van der Waals surface area contributed by atoms with E-state index in [0.29, 0.717) is 0 Å². The molecule has 1 N–H and O–H groups in total. The van der Waals surface area contributed by atoms with E-state index in [-0.39, 0.29) is 22.0 Å². The highest BCUT2D eigenvalue weighted by Crippen LogP contribution is 2.20. The van der Waals surface area contributed by atoms with Gasteiger partial charge in [0.2, 0.25) is 10.0 Å². The minimum absolute atomic E-state index is 0.0213. The van der Waals surface area contributed by atoms with Crippen molar-refractivity contribution >= 4 is 21.6 Å². The molecule has 0 atom stereocenters. The maximum atomic E-state index is 12.2. The van der Waals surface area contributed by atoms with Gasteiger partial charge in [-0.1, -0.05) is 11.6 Å². The Labute approximate surface area is 128 Å². The zero-order valence-electron chi connectivity index (χ0n) is 11.5. The highest BCUT2D eigenvalue weighted by molar-refractivity contribution is 7.89. The van der Waals surface area contributed by atoms with Crippen LogP contribution in [-0.4, -0.2) is 18.2 Å². The molecule has 1 heterocycles. The van der Waals surface area contributed by atoms with Gasteiger partial charge in [-0.05, 0) is 25.1 Å². The van der Waals surface area contributed by atoms with Crippen molar-refractivity contribution in [2.24, 2.45) is 7.05 Å². The van der Waals surface area contributed by atoms with Crippen LogP contribution in [0.1, 0.15) is 16.8 Å². The average Bonchev–Trinajstić information content (AvgIpc) is 2.74. The molecule has 0 fully saturated rings. The van der Waals surface area contributed by atoms with Crippen LogP contribution < -0.4 is 4.72 Å². The summed E-state index contributed by atoms with van der Waals surface area (Å²) in [4.78, 5) is 0.0213. The van der Waals surface area contributed by atoms with Gasteiger partial charge >= 0.3 is 0 Å². The number of hydrogen-bond donors (Lipinski definition) is 1. The number of hydrogen-bond acceptors (Lipinski definition) is 4. The van der Waals surface area contributed by atoms with Crippen molar-refractivity contribution in [3.63, 3.8) is 0 Å². The largest absolute Gasteiger partial charge is 0.275 e. The second kappa shape index (κ2) is 5.85. The number of aromatic nitrogens is 2. The normalized spacial score (nSPS) is 11.3. The Morgan fingerprint density at radius 3 is 2.71 bits per heavy atom. The minimum atomic E-state index is -3.69. The van der Waals surface area contributed by atoms with E-state index in [4.69, 9.17) is 16.9 Å². The summed E-state index contributed by atoms with van der Waals surface area (Å²) in [5.74, 6) is 0. The molecule has 8 heteroatoms. The molecule has 0 bridgehead atoms. The third-order valence-electron chi connectivity index (χ3n) is 2.94. The summed E-state index contributed by atoms with van der Waals surface area (Å²) in [6.07, 6.45) is 1.75. The van der Waals surface area contributed by atoms with Crippen molar-refractivity contribution in [1.29, 1.82) is 5.26 Å². The number of aryl methyl sites for hydroxylation is 2. The first-order valence-electron chi connectivity index (χ1n) is 6.02. The standard InChI is InChI=1S/C13H13ClN4O2S/c1-9-11(8-18(2)17-9)7-16-21(19,20)12-4-3-10(6-15)13(14)5-12/h3-5,8,16H,7H2,1-2H3. The molecule has 6 nitrogen and oxygen atoms in total. The number of nitriles is 1. The van der Waals surface area contributed by atoms with E-state index in [9.17, 15) is 8.42 Å². The molecule has 0 saturated heterocycles. The van der Waals surface area contributed by atoms with Gasteiger partial charge in [0, 0.05) is 25.4 Å². The van der Waals surface area contributed by atoms with Crippen molar-refractivity contribution in [1.82, 2.24) is 14.5 Å². The molecule has 110 valence electrons. The predicted octanol–water partition coefficient (Wildman–Crippen LogP) is 1.73. The van der Waals surface area contributed by atoms with Crippen molar-refractivity contribution in [2.45, 2.75) is 18.4 Å². The third kappa shape index (κ3) is 3.42. The number of benzene rings is 1. The lowest BCUT2D eigenvalue weighted by molar-refractivity contribution is 0.581. The molecule has 1 aromatic heterocycles. The van der Waals surface area contributed by atoms with Gasteiger partial charge in [-0.15, -0.1) is 0 Å². The number of rotatable bonds is 4. The highest BCUT2D eigenvalue weighted by Gasteiger charge is 2.16. The number of nitrogens with one attached hydrogen (secondary N) is 1. The summed E-state index contributed by atoms with van der Waals surface area (Å²) in [6.45, 7) is 1.95. The fourth-order valence-electron chi connectivity index (χ4n) is 1.83. The second-order valence-electron chi connectivity index (χ2n) is 4.49. The molecular formula is C13H13ClN4O2S. The molecule has 0 radical (unpaired) electrons. The fraction of sp³-hybridized carbons (Fsp3) is 0.231. The maximum Gasteiger partial charge on any atom is 0.240 e. The topological polar surface area (TPSA) is 87.8 Å². The number of halogens is 1. The summed E-state index contributed by atoms with van der Waals surface area (Å²) in [7, 11) is -1.93. The van der Waals surface area contributed by atoms with Crippen LogP contribution in [0.3, 0.4) is 0 Å². The Bertz CT molecular complexity index is 821. The van der Waals surface area contributed by atoms with Crippen LogP contribution in [0.4, 0.5) is 0 Å². The lowest BCUT2D eigenvalue weighted by atomic mass is 10.2. The lowest BCUT2D eigenvalue weighted by Gasteiger charge is -2.07. The number of nitrogens with zero attached hydrogens (tertiary/aromatic N) is 3. The summed E-state index contributed by atoms with van der Waals surface area (Å²) >= 11 is 5.85. The molecule has 0 aliphatic heterocycles. The molecule has 0 unspecified atom stereocenters. The van der Waals surface area contributed by atoms with Gasteiger partial charge in [-0.2, -0.15) is 10.4 Å². The fourth-order valence-corrected chi connectivity index (χ4v) is 3.15. The van der Waals surface area contributed by atoms with E-state index >= 15 is 0 Å². The maximum absolute atomic E-state index is 12.2. The van der Waals surface area contributed by atoms with E-state index in [2.05, 4.69) is 9.82 Å². The first-order valence-corrected chi connectivity index (χ1v) is 7.88. The van der Waals surface area contributed by atoms with Crippen LogP contribution >= 0.6 is 11.6 Å². The summed E-state index contributed by atoms with van der Waals surface area (Å²) in [6, 6.07) is 5.88. The molecule has 21 heavy (non-hydrogen) atoms. The van der Waals surface area contributed by atoms with Crippen molar-refractivity contribution in [3.05, 3.63) is 46.2 Å². The molecule has 0 aliphatic rings. The molecule has 0 amide bonds. The molecular weight excluding hydrogens is 312 g/mol. The highest BCUT2D eigenvalue weighted by atomic mass is 35.5. The SMILES string of the molecule is Cc1nn(C)cc1CNS(=O)(=O)c1ccc(C#N)c(Cl)c1. The van der Waals surface area contributed by atoms with Crippen LogP contribution in [0, 0.1) is 18.3 Å².